The molecule has 3 rings (SSSR count). The molecule has 52 valence electrons. The predicted molar refractivity (Wildman–Crippen MR) is 39.1 cm³/mol. The zero-order valence-corrected chi connectivity index (χ0v) is 6.59. The first-order valence-electron chi connectivity index (χ1n) is 4.22. The van der Waals surface area contributed by atoms with Crippen LogP contribution in [0.3, 0.4) is 0 Å². The number of rotatable bonds is 0. The Labute approximate surface area is 57.6 Å². The topological polar surface area (TPSA) is 0 Å². The fraction of sp³-hybridized carbons (Fsp3) is 1.00. The van der Waals surface area contributed by atoms with Gasteiger partial charge in [0.05, 0.1) is 0 Å². The smallest absolute Gasteiger partial charge is 0.0331 e. The van der Waals surface area contributed by atoms with Crippen LogP contribution in [0.25, 0.3) is 0 Å². The number of fused-ring (bicyclic) bond motifs is 1. The van der Waals surface area contributed by atoms with Crippen molar-refractivity contribution in [2.75, 3.05) is 0 Å². The van der Waals surface area contributed by atoms with Crippen molar-refractivity contribution >= 4 is 0 Å². The maximum Gasteiger partial charge on any atom is -0.0331 e. The molecule has 0 aromatic carbocycles. The van der Waals surface area contributed by atoms with Crippen LogP contribution in [0, 0.1) is 29.6 Å². The fourth-order valence-electron chi connectivity index (χ4n) is 3.44. The van der Waals surface area contributed by atoms with E-state index in [0.717, 1.165) is 29.6 Å². The van der Waals surface area contributed by atoms with Crippen molar-refractivity contribution in [1.82, 2.24) is 0 Å². The normalized spacial score (nSPS) is 63.7. The molecule has 4 unspecified atom stereocenters. The largest absolute Gasteiger partial charge is 0.0622 e. The SMILES string of the molecule is CC1CC2C(C)C1[C@H]2C. The predicted octanol–water partition coefficient (Wildman–Crippen LogP) is 2.54. The van der Waals surface area contributed by atoms with E-state index in [0.29, 0.717) is 0 Å². The third kappa shape index (κ3) is 0.500. The molecule has 0 spiro atoms. The Bertz CT molecular complexity index is 112. The van der Waals surface area contributed by atoms with Crippen LogP contribution >= 0.6 is 0 Å². The minimum absolute atomic E-state index is 1.04. The Kier molecular flexibility index (Phi) is 0.980. The molecule has 2 bridgehead atoms. The summed E-state index contributed by atoms with van der Waals surface area (Å²) in [7, 11) is 0. The van der Waals surface area contributed by atoms with E-state index < -0.39 is 0 Å². The maximum absolute atomic E-state index is 2.43. The van der Waals surface area contributed by atoms with Gasteiger partial charge in [0.1, 0.15) is 0 Å². The Hall–Kier alpha value is 0. The monoisotopic (exact) mass is 124 g/mol. The highest BCUT2D eigenvalue weighted by Gasteiger charge is 2.53. The molecule has 0 amide bonds. The summed E-state index contributed by atoms with van der Waals surface area (Å²) in [5.41, 5.74) is 0. The summed E-state index contributed by atoms with van der Waals surface area (Å²) < 4.78 is 0. The molecule has 0 heteroatoms. The third-order valence-electron chi connectivity index (χ3n) is 3.87. The minimum Gasteiger partial charge on any atom is -0.0622 e. The molecule has 0 aromatic heterocycles. The van der Waals surface area contributed by atoms with Crippen molar-refractivity contribution in [3.63, 3.8) is 0 Å². The quantitative estimate of drug-likeness (QED) is 0.465. The minimum atomic E-state index is 1.04. The van der Waals surface area contributed by atoms with Gasteiger partial charge in [0, 0.05) is 0 Å². The van der Waals surface area contributed by atoms with E-state index in [1.54, 1.807) is 0 Å². The molecule has 5 atom stereocenters. The second-order valence-electron chi connectivity index (χ2n) is 4.17. The van der Waals surface area contributed by atoms with Crippen LogP contribution in [-0.4, -0.2) is 0 Å². The Balaban J connectivity index is 2.16. The summed E-state index contributed by atoms with van der Waals surface area (Å²) in [4.78, 5) is 0. The van der Waals surface area contributed by atoms with Gasteiger partial charge in [-0.15, -0.1) is 0 Å². The first-order chi connectivity index (χ1) is 4.22. The van der Waals surface area contributed by atoms with E-state index in [1.165, 1.54) is 6.42 Å². The van der Waals surface area contributed by atoms with Gasteiger partial charge >= 0.3 is 0 Å². The van der Waals surface area contributed by atoms with Crippen molar-refractivity contribution in [2.24, 2.45) is 29.6 Å². The lowest BCUT2D eigenvalue weighted by atomic mass is 9.64. The molecule has 0 radical (unpaired) electrons. The number of hydrogen-bond donors (Lipinski definition) is 0. The van der Waals surface area contributed by atoms with Crippen LogP contribution in [-0.2, 0) is 0 Å². The highest BCUT2D eigenvalue weighted by atomic mass is 14.6. The fourth-order valence-corrected chi connectivity index (χ4v) is 3.44. The van der Waals surface area contributed by atoms with E-state index in [2.05, 4.69) is 20.8 Å². The summed E-state index contributed by atoms with van der Waals surface area (Å²) in [6, 6.07) is 0. The highest BCUT2D eigenvalue weighted by molar-refractivity contribution is 5.02. The molecular formula is C9H16. The molecule has 3 saturated carbocycles. The van der Waals surface area contributed by atoms with Crippen molar-refractivity contribution < 1.29 is 0 Å². The van der Waals surface area contributed by atoms with E-state index >= 15 is 0 Å². The lowest BCUT2D eigenvalue weighted by molar-refractivity contribution is 0.0684. The molecule has 3 aliphatic carbocycles. The second-order valence-corrected chi connectivity index (χ2v) is 4.17. The summed E-state index contributed by atoms with van der Waals surface area (Å²) in [6.07, 6.45) is 1.52. The van der Waals surface area contributed by atoms with Gasteiger partial charge < -0.3 is 0 Å². The summed E-state index contributed by atoms with van der Waals surface area (Å²) in [5, 5.41) is 0. The van der Waals surface area contributed by atoms with Crippen molar-refractivity contribution in [3.8, 4) is 0 Å². The summed E-state index contributed by atoms with van der Waals surface area (Å²) >= 11 is 0. The molecule has 0 aromatic rings. The van der Waals surface area contributed by atoms with Crippen LogP contribution in [0.4, 0.5) is 0 Å². The lowest BCUT2D eigenvalue weighted by Gasteiger charge is -2.41. The first-order valence-corrected chi connectivity index (χ1v) is 4.22. The van der Waals surface area contributed by atoms with Crippen LogP contribution in [0.2, 0.25) is 0 Å². The van der Waals surface area contributed by atoms with Gasteiger partial charge in [0.25, 0.3) is 0 Å². The van der Waals surface area contributed by atoms with Crippen molar-refractivity contribution in [2.45, 2.75) is 27.2 Å². The van der Waals surface area contributed by atoms with E-state index in [-0.39, 0.29) is 0 Å². The van der Waals surface area contributed by atoms with Crippen LogP contribution < -0.4 is 0 Å². The molecule has 3 fully saturated rings. The van der Waals surface area contributed by atoms with Crippen molar-refractivity contribution in [1.29, 1.82) is 0 Å². The standard InChI is InChI=1S/C9H16/c1-5-4-8-6(2)9(5)7(8)3/h5-9H,4H2,1-3H3/t5?,6-,7?,8?,9?/m0/s1. The van der Waals surface area contributed by atoms with Crippen LogP contribution in [0.15, 0.2) is 0 Å². The van der Waals surface area contributed by atoms with Gasteiger partial charge in [-0.05, 0) is 36.0 Å². The Morgan fingerprint density at radius 2 is 1.56 bits per heavy atom. The van der Waals surface area contributed by atoms with Gasteiger partial charge in [0.2, 0.25) is 0 Å². The van der Waals surface area contributed by atoms with Gasteiger partial charge in [-0.1, -0.05) is 20.8 Å². The molecule has 0 N–H and O–H groups in total. The first kappa shape index (κ1) is 5.76. The molecule has 3 aliphatic rings. The van der Waals surface area contributed by atoms with Crippen LogP contribution in [0.5, 0.6) is 0 Å². The van der Waals surface area contributed by atoms with Gasteiger partial charge in [-0.2, -0.15) is 0 Å². The molecule has 0 saturated heterocycles. The lowest BCUT2D eigenvalue weighted by Crippen LogP contribution is -2.36. The van der Waals surface area contributed by atoms with Crippen LogP contribution in [0.1, 0.15) is 27.2 Å². The van der Waals surface area contributed by atoms with Crippen molar-refractivity contribution in [3.05, 3.63) is 0 Å². The second kappa shape index (κ2) is 1.53. The molecular weight excluding hydrogens is 108 g/mol. The molecule has 0 heterocycles. The zero-order valence-electron chi connectivity index (χ0n) is 6.59. The van der Waals surface area contributed by atoms with Gasteiger partial charge in [-0.25, -0.2) is 0 Å². The molecule has 9 heavy (non-hydrogen) atoms. The van der Waals surface area contributed by atoms with E-state index in [9.17, 15) is 0 Å². The highest BCUT2D eigenvalue weighted by Crippen LogP contribution is 2.60. The maximum atomic E-state index is 2.43. The zero-order chi connectivity index (χ0) is 6.59. The Morgan fingerprint density at radius 3 is 1.67 bits per heavy atom. The molecule has 0 aliphatic heterocycles. The average Bonchev–Trinajstić information content (AvgIpc) is 2.23. The van der Waals surface area contributed by atoms with E-state index in [1.807, 2.05) is 0 Å². The van der Waals surface area contributed by atoms with Gasteiger partial charge in [0.15, 0.2) is 0 Å². The van der Waals surface area contributed by atoms with E-state index in [4.69, 9.17) is 0 Å². The Morgan fingerprint density at radius 1 is 1.00 bits per heavy atom. The summed E-state index contributed by atoms with van der Waals surface area (Å²) in [5.74, 6) is 5.37. The molecule has 0 nitrogen and oxygen atoms in total. The van der Waals surface area contributed by atoms with Gasteiger partial charge in [-0.3, -0.25) is 0 Å². The average molecular weight is 124 g/mol. The summed E-state index contributed by atoms with van der Waals surface area (Å²) in [6.45, 7) is 7.28. The number of hydrogen-bond acceptors (Lipinski definition) is 0. The third-order valence-corrected chi connectivity index (χ3v) is 3.87.